The minimum Gasteiger partial charge on any atom is -0.388 e. The van der Waals surface area contributed by atoms with Crippen molar-refractivity contribution in [3.8, 4) is 0 Å². The highest BCUT2D eigenvalue weighted by Crippen LogP contribution is 2.33. The maximum absolute atomic E-state index is 10.1. The second-order valence-electron chi connectivity index (χ2n) is 5.57. The van der Waals surface area contributed by atoms with Crippen molar-refractivity contribution in [2.75, 3.05) is 0 Å². The smallest absolute Gasteiger partial charge is 0.0792 e. The minimum absolute atomic E-state index is 0.230. The lowest BCUT2D eigenvalue weighted by Crippen LogP contribution is -2.19. The first-order valence-corrected chi connectivity index (χ1v) is 6.12. The van der Waals surface area contributed by atoms with Crippen LogP contribution in [0.3, 0.4) is 0 Å². The molecule has 1 aromatic rings. The van der Waals surface area contributed by atoms with Gasteiger partial charge >= 0.3 is 0 Å². The van der Waals surface area contributed by atoms with Crippen LogP contribution in [0.2, 0.25) is 5.02 Å². The molecule has 1 N–H and O–H groups in total. The summed E-state index contributed by atoms with van der Waals surface area (Å²) in [6, 6.07) is 7.43. The molecule has 0 radical (unpaired) electrons. The highest BCUT2D eigenvalue weighted by Gasteiger charge is 2.23. The molecule has 0 aliphatic rings. The molecule has 0 aliphatic heterocycles. The van der Waals surface area contributed by atoms with Gasteiger partial charge in [0.25, 0.3) is 0 Å². The van der Waals surface area contributed by atoms with Crippen molar-refractivity contribution >= 4 is 11.6 Å². The number of aliphatic hydroxyl groups excluding tert-OH is 1. The Hall–Kier alpha value is -0.530. The van der Waals surface area contributed by atoms with Gasteiger partial charge in [0, 0.05) is 5.02 Å². The van der Waals surface area contributed by atoms with Crippen molar-refractivity contribution in [3.63, 3.8) is 0 Å². The zero-order valence-electron chi connectivity index (χ0n) is 10.5. The van der Waals surface area contributed by atoms with E-state index in [0.29, 0.717) is 10.9 Å². The van der Waals surface area contributed by atoms with E-state index in [1.54, 1.807) is 0 Å². The highest BCUT2D eigenvalue weighted by molar-refractivity contribution is 6.30. The van der Waals surface area contributed by atoms with E-state index in [4.69, 9.17) is 11.6 Å². The molecule has 1 aromatic carbocycles. The average molecular weight is 241 g/mol. The van der Waals surface area contributed by atoms with Crippen LogP contribution in [0, 0.1) is 11.3 Å². The van der Waals surface area contributed by atoms with Gasteiger partial charge in [0.2, 0.25) is 0 Å². The van der Waals surface area contributed by atoms with E-state index >= 15 is 0 Å². The summed E-state index contributed by atoms with van der Waals surface area (Å²) in [7, 11) is 0. The molecular weight excluding hydrogens is 220 g/mol. The van der Waals surface area contributed by atoms with E-state index in [2.05, 4.69) is 27.7 Å². The van der Waals surface area contributed by atoms with Gasteiger partial charge in [-0.15, -0.1) is 0 Å². The summed E-state index contributed by atoms with van der Waals surface area (Å²) in [6.45, 7) is 8.78. The van der Waals surface area contributed by atoms with Crippen molar-refractivity contribution in [2.24, 2.45) is 11.3 Å². The fourth-order valence-corrected chi connectivity index (χ4v) is 1.64. The lowest BCUT2D eigenvalue weighted by molar-refractivity contribution is 0.111. The van der Waals surface area contributed by atoms with E-state index < -0.39 is 6.10 Å². The van der Waals surface area contributed by atoms with Crippen molar-refractivity contribution in [1.82, 2.24) is 0 Å². The maximum atomic E-state index is 10.1. The van der Waals surface area contributed by atoms with E-state index in [9.17, 15) is 5.11 Å². The molecule has 0 bridgehead atoms. The fraction of sp³-hybridized carbons (Fsp3) is 0.571. The zero-order chi connectivity index (χ0) is 12.3. The molecule has 2 heteroatoms. The van der Waals surface area contributed by atoms with Crippen molar-refractivity contribution in [2.45, 2.75) is 40.2 Å². The van der Waals surface area contributed by atoms with E-state index in [1.807, 2.05) is 24.3 Å². The summed E-state index contributed by atoms with van der Waals surface area (Å²) < 4.78 is 0. The first-order valence-electron chi connectivity index (χ1n) is 5.74. The Morgan fingerprint density at radius 3 is 2.12 bits per heavy atom. The van der Waals surface area contributed by atoms with Gasteiger partial charge in [-0.1, -0.05) is 51.4 Å². The molecule has 0 fully saturated rings. The molecule has 16 heavy (non-hydrogen) atoms. The lowest BCUT2D eigenvalue weighted by atomic mass is 9.78. The summed E-state index contributed by atoms with van der Waals surface area (Å²) >= 11 is 5.81. The molecule has 2 unspecified atom stereocenters. The molecule has 0 spiro atoms. The van der Waals surface area contributed by atoms with Crippen molar-refractivity contribution in [3.05, 3.63) is 34.9 Å². The normalized spacial score (nSPS) is 15.9. The van der Waals surface area contributed by atoms with Crippen LogP contribution in [0.1, 0.15) is 45.8 Å². The Morgan fingerprint density at radius 1 is 1.19 bits per heavy atom. The molecule has 90 valence electrons. The van der Waals surface area contributed by atoms with Crippen LogP contribution >= 0.6 is 11.6 Å². The van der Waals surface area contributed by atoms with E-state index in [1.165, 1.54) is 0 Å². The first kappa shape index (κ1) is 13.5. The van der Waals surface area contributed by atoms with Gasteiger partial charge in [-0.2, -0.15) is 0 Å². The molecule has 0 saturated heterocycles. The Labute approximate surface area is 103 Å². The van der Waals surface area contributed by atoms with Crippen molar-refractivity contribution in [1.29, 1.82) is 0 Å². The number of aliphatic hydroxyl groups is 1. The predicted molar refractivity (Wildman–Crippen MR) is 69.6 cm³/mol. The summed E-state index contributed by atoms with van der Waals surface area (Å²) in [5.41, 5.74) is 1.17. The van der Waals surface area contributed by atoms with Gasteiger partial charge in [-0.3, -0.25) is 0 Å². The monoisotopic (exact) mass is 240 g/mol. The molecule has 0 amide bonds. The van der Waals surface area contributed by atoms with Crippen LogP contribution in [0.25, 0.3) is 0 Å². The van der Waals surface area contributed by atoms with Crippen molar-refractivity contribution < 1.29 is 5.11 Å². The summed E-state index contributed by atoms with van der Waals surface area (Å²) in [5.74, 6) is 0.471. The van der Waals surface area contributed by atoms with Crippen LogP contribution in [-0.4, -0.2) is 5.11 Å². The zero-order valence-corrected chi connectivity index (χ0v) is 11.3. The highest BCUT2D eigenvalue weighted by atomic mass is 35.5. The Balaban J connectivity index is 2.65. The van der Waals surface area contributed by atoms with Gasteiger partial charge in [0.1, 0.15) is 0 Å². The number of halogens is 1. The van der Waals surface area contributed by atoms with Gasteiger partial charge < -0.3 is 5.11 Å². The molecule has 1 rings (SSSR count). The number of rotatable bonds is 3. The van der Waals surface area contributed by atoms with Gasteiger partial charge in [-0.25, -0.2) is 0 Å². The van der Waals surface area contributed by atoms with Crippen LogP contribution in [-0.2, 0) is 0 Å². The molecule has 0 aliphatic carbocycles. The van der Waals surface area contributed by atoms with Gasteiger partial charge in [-0.05, 0) is 35.4 Å². The number of hydrogen-bond acceptors (Lipinski definition) is 1. The standard InChI is InChI=1S/C14H21ClO/c1-10(14(2,3)4)9-13(16)11-5-7-12(15)8-6-11/h5-8,10,13,16H,9H2,1-4H3. The van der Waals surface area contributed by atoms with Crippen LogP contribution in [0.4, 0.5) is 0 Å². The summed E-state index contributed by atoms with van der Waals surface area (Å²) in [4.78, 5) is 0. The molecular formula is C14H21ClO. The largest absolute Gasteiger partial charge is 0.388 e. The number of hydrogen-bond donors (Lipinski definition) is 1. The second kappa shape index (κ2) is 5.20. The van der Waals surface area contributed by atoms with Gasteiger partial charge in [0.15, 0.2) is 0 Å². The third kappa shape index (κ3) is 3.80. The summed E-state index contributed by atoms with van der Waals surface area (Å²) in [5, 5.41) is 10.8. The van der Waals surface area contributed by atoms with Gasteiger partial charge in [0.05, 0.1) is 6.10 Å². The first-order chi connectivity index (χ1) is 7.30. The van der Waals surface area contributed by atoms with E-state index in [0.717, 1.165) is 12.0 Å². The van der Waals surface area contributed by atoms with Crippen LogP contribution in [0.5, 0.6) is 0 Å². The molecule has 0 heterocycles. The van der Waals surface area contributed by atoms with E-state index in [-0.39, 0.29) is 5.41 Å². The minimum atomic E-state index is -0.397. The Morgan fingerprint density at radius 2 is 1.69 bits per heavy atom. The molecule has 2 atom stereocenters. The topological polar surface area (TPSA) is 20.2 Å². The number of benzene rings is 1. The molecule has 0 aromatic heterocycles. The average Bonchev–Trinajstić information content (AvgIpc) is 2.17. The second-order valence-corrected chi connectivity index (χ2v) is 6.01. The lowest BCUT2D eigenvalue weighted by Gasteiger charge is -2.29. The third-order valence-electron chi connectivity index (χ3n) is 3.31. The quantitative estimate of drug-likeness (QED) is 0.828. The SMILES string of the molecule is CC(CC(O)c1ccc(Cl)cc1)C(C)(C)C. The van der Waals surface area contributed by atoms with Crippen LogP contribution < -0.4 is 0 Å². The fourth-order valence-electron chi connectivity index (χ4n) is 1.51. The third-order valence-corrected chi connectivity index (χ3v) is 3.56. The predicted octanol–water partition coefficient (Wildman–Crippen LogP) is 4.45. The Kier molecular flexibility index (Phi) is 4.40. The maximum Gasteiger partial charge on any atom is 0.0792 e. The molecule has 0 saturated carbocycles. The molecule has 1 nitrogen and oxygen atoms in total. The summed E-state index contributed by atoms with van der Waals surface area (Å²) in [6.07, 6.45) is 0.386. The Bertz CT molecular complexity index is 324. The van der Waals surface area contributed by atoms with Crippen LogP contribution in [0.15, 0.2) is 24.3 Å².